The molecule has 0 saturated carbocycles. The van der Waals surface area contributed by atoms with E-state index >= 15 is 0 Å². The number of carbonyl (C=O) groups excluding carboxylic acids is 2. The van der Waals surface area contributed by atoms with Gasteiger partial charge in [-0.05, 0) is 36.3 Å². The lowest BCUT2D eigenvalue weighted by Crippen LogP contribution is -2.30. The van der Waals surface area contributed by atoms with Crippen LogP contribution >= 0.6 is 11.6 Å². The van der Waals surface area contributed by atoms with Crippen molar-refractivity contribution in [2.75, 3.05) is 19.6 Å². The molecule has 0 fully saturated rings. The van der Waals surface area contributed by atoms with Crippen LogP contribution in [0.4, 0.5) is 0 Å². The summed E-state index contributed by atoms with van der Waals surface area (Å²) < 4.78 is 0. The number of benzene rings is 2. The van der Waals surface area contributed by atoms with Gasteiger partial charge in [-0.2, -0.15) is 0 Å². The summed E-state index contributed by atoms with van der Waals surface area (Å²) in [5, 5.41) is 5.99. The molecule has 2 rings (SSSR count). The normalized spacial score (nSPS) is 10.7. The van der Waals surface area contributed by atoms with E-state index in [-0.39, 0.29) is 24.8 Å². The van der Waals surface area contributed by atoms with E-state index in [0.29, 0.717) is 17.1 Å². The highest BCUT2D eigenvalue weighted by Gasteiger charge is 2.09. The maximum atomic E-state index is 12.0. The second-order valence-electron chi connectivity index (χ2n) is 6.54. The van der Waals surface area contributed by atoms with Gasteiger partial charge in [-0.15, -0.1) is 0 Å². The van der Waals surface area contributed by atoms with E-state index in [1.807, 2.05) is 12.1 Å². The van der Waals surface area contributed by atoms with Crippen molar-refractivity contribution in [2.45, 2.75) is 33.4 Å². The molecule has 0 atom stereocenters. The van der Waals surface area contributed by atoms with Crippen LogP contribution in [0, 0.1) is 0 Å². The Morgan fingerprint density at radius 3 is 2.21 bits per heavy atom. The molecule has 0 aliphatic rings. The largest absolute Gasteiger partial charge is 0.352 e. The predicted octanol–water partition coefficient (Wildman–Crippen LogP) is 3.62. The molecule has 0 spiro atoms. The zero-order valence-electron chi connectivity index (χ0n) is 16.5. The molecule has 0 aliphatic carbocycles. The minimum absolute atomic E-state index is 0.105. The number of nitrogens with zero attached hydrogens (tertiary/aromatic N) is 1. The van der Waals surface area contributed by atoms with Crippen LogP contribution in [0.1, 0.15) is 41.8 Å². The Balaban J connectivity index is 1.71. The molecule has 28 heavy (non-hydrogen) atoms. The van der Waals surface area contributed by atoms with E-state index in [0.717, 1.165) is 25.2 Å². The molecule has 0 aliphatic heterocycles. The first-order valence-corrected chi connectivity index (χ1v) is 10.0. The molecular formula is C22H28ClN3O2. The van der Waals surface area contributed by atoms with Gasteiger partial charge in [-0.25, -0.2) is 0 Å². The molecule has 2 aromatic rings. The second kappa shape index (κ2) is 11.5. The summed E-state index contributed by atoms with van der Waals surface area (Å²) in [7, 11) is 0. The van der Waals surface area contributed by atoms with Crippen molar-refractivity contribution in [2.24, 2.45) is 0 Å². The maximum absolute atomic E-state index is 12.0. The summed E-state index contributed by atoms with van der Waals surface area (Å²) in [5.74, 6) is -0.381. The average Bonchev–Trinajstić information content (AvgIpc) is 2.71. The van der Waals surface area contributed by atoms with Crippen LogP contribution in [0.15, 0.2) is 48.5 Å². The highest BCUT2D eigenvalue weighted by Crippen LogP contribution is 2.14. The van der Waals surface area contributed by atoms with Gasteiger partial charge in [-0.1, -0.05) is 61.8 Å². The molecule has 0 saturated heterocycles. The third-order valence-electron chi connectivity index (χ3n) is 4.57. The van der Waals surface area contributed by atoms with Crippen molar-refractivity contribution in [1.82, 2.24) is 15.5 Å². The molecule has 0 bridgehead atoms. The molecule has 0 aromatic heterocycles. The number of hydrogen-bond donors (Lipinski definition) is 2. The average molecular weight is 402 g/mol. The number of rotatable bonds is 10. The topological polar surface area (TPSA) is 61.4 Å². The van der Waals surface area contributed by atoms with Crippen molar-refractivity contribution in [3.63, 3.8) is 0 Å². The Morgan fingerprint density at radius 1 is 0.929 bits per heavy atom. The van der Waals surface area contributed by atoms with Gasteiger partial charge >= 0.3 is 0 Å². The van der Waals surface area contributed by atoms with E-state index in [2.05, 4.69) is 41.5 Å². The summed E-state index contributed by atoms with van der Waals surface area (Å²) in [5.41, 5.74) is 2.73. The fraction of sp³-hybridized carbons (Fsp3) is 0.364. The quantitative estimate of drug-likeness (QED) is 0.639. The van der Waals surface area contributed by atoms with E-state index < -0.39 is 0 Å². The molecule has 0 unspecified atom stereocenters. The van der Waals surface area contributed by atoms with Crippen molar-refractivity contribution in [3.8, 4) is 0 Å². The number of nitrogens with one attached hydrogen (secondary N) is 2. The van der Waals surface area contributed by atoms with Crippen molar-refractivity contribution in [1.29, 1.82) is 0 Å². The van der Waals surface area contributed by atoms with Gasteiger partial charge in [0.1, 0.15) is 0 Å². The van der Waals surface area contributed by atoms with Crippen LogP contribution in [-0.2, 0) is 17.9 Å². The maximum Gasteiger partial charge on any atom is 0.252 e. The zero-order chi connectivity index (χ0) is 20.4. The van der Waals surface area contributed by atoms with Gasteiger partial charge in [0.15, 0.2) is 0 Å². The number of carbonyl (C=O) groups is 2. The Hall–Kier alpha value is -2.37. The first-order valence-electron chi connectivity index (χ1n) is 9.63. The number of amides is 2. The molecule has 0 radical (unpaired) electrons. The van der Waals surface area contributed by atoms with Gasteiger partial charge in [0.25, 0.3) is 5.91 Å². The minimum Gasteiger partial charge on any atom is -0.352 e. The lowest BCUT2D eigenvalue weighted by atomic mass is 10.1. The molecule has 2 amide bonds. The second-order valence-corrected chi connectivity index (χ2v) is 6.95. The van der Waals surface area contributed by atoms with Gasteiger partial charge in [0.05, 0.1) is 10.6 Å². The zero-order valence-corrected chi connectivity index (χ0v) is 17.3. The number of hydrogen-bond acceptors (Lipinski definition) is 3. The van der Waals surface area contributed by atoms with Crippen LogP contribution in [0.5, 0.6) is 0 Å². The molecule has 2 N–H and O–H groups in total. The number of halogens is 1. The first kappa shape index (κ1) is 21.9. The third kappa shape index (κ3) is 6.98. The van der Waals surface area contributed by atoms with Crippen molar-refractivity contribution >= 4 is 23.4 Å². The van der Waals surface area contributed by atoms with Crippen molar-refractivity contribution < 1.29 is 9.59 Å². The van der Waals surface area contributed by atoms with E-state index in [1.54, 1.807) is 24.3 Å². The molecule has 0 heterocycles. The fourth-order valence-electron chi connectivity index (χ4n) is 2.79. The summed E-state index contributed by atoms with van der Waals surface area (Å²) in [6.07, 6.45) is 0.218. The molecule has 5 nitrogen and oxygen atoms in total. The van der Waals surface area contributed by atoms with Crippen LogP contribution < -0.4 is 10.6 Å². The lowest BCUT2D eigenvalue weighted by Gasteiger charge is -2.18. The molecule has 2 aromatic carbocycles. The van der Waals surface area contributed by atoms with E-state index in [4.69, 9.17) is 11.6 Å². The third-order valence-corrected chi connectivity index (χ3v) is 4.90. The fourth-order valence-corrected chi connectivity index (χ4v) is 3.01. The van der Waals surface area contributed by atoms with Crippen LogP contribution in [-0.4, -0.2) is 36.3 Å². The minimum atomic E-state index is -0.276. The Kier molecular flexibility index (Phi) is 8.98. The van der Waals surface area contributed by atoms with Gasteiger partial charge < -0.3 is 10.6 Å². The van der Waals surface area contributed by atoms with Gasteiger partial charge in [0.2, 0.25) is 5.91 Å². The van der Waals surface area contributed by atoms with E-state index in [1.165, 1.54) is 5.56 Å². The smallest absolute Gasteiger partial charge is 0.252 e. The predicted molar refractivity (Wildman–Crippen MR) is 113 cm³/mol. The van der Waals surface area contributed by atoms with E-state index in [9.17, 15) is 9.59 Å². The van der Waals surface area contributed by atoms with Crippen LogP contribution in [0.3, 0.4) is 0 Å². The summed E-state index contributed by atoms with van der Waals surface area (Å²) >= 11 is 5.99. The summed E-state index contributed by atoms with van der Waals surface area (Å²) in [4.78, 5) is 26.4. The van der Waals surface area contributed by atoms with Gasteiger partial charge in [-0.3, -0.25) is 14.5 Å². The Bertz CT molecular complexity index is 774. The Morgan fingerprint density at radius 2 is 1.57 bits per heavy atom. The first-order chi connectivity index (χ1) is 13.5. The molecular weight excluding hydrogens is 374 g/mol. The standard InChI is InChI=1S/C22H28ClN3O2/c1-3-26(4-2)16-18-11-9-17(10-12-18)15-25-21(27)13-14-24-22(28)19-7-5-6-8-20(19)23/h5-12H,3-4,13-16H2,1-2H3,(H,24,28)(H,25,27). The summed E-state index contributed by atoms with van der Waals surface area (Å²) in [6, 6.07) is 15.1. The van der Waals surface area contributed by atoms with Crippen LogP contribution in [0.2, 0.25) is 5.02 Å². The van der Waals surface area contributed by atoms with Crippen molar-refractivity contribution in [3.05, 3.63) is 70.2 Å². The SMILES string of the molecule is CCN(CC)Cc1ccc(CNC(=O)CCNC(=O)c2ccccc2Cl)cc1. The molecule has 6 heteroatoms. The highest BCUT2D eigenvalue weighted by molar-refractivity contribution is 6.33. The monoisotopic (exact) mass is 401 g/mol. The summed E-state index contributed by atoms with van der Waals surface area (Å²) in [6.45, 7) is 8.05. The lowest BCUT2D eigenvalue weighted by molar-refractivity contribution is -0.121. The molecule has 150 valence electrons. The van der Waals surface area contributed by atoms with Crippen LogP contribution in [0.25, 0.3) is 0 Å². The Labute approximate surface area is 172 Å². The highest BCUT2D eigenvalue weighted by atomic mass is 35.5. The van der Waals surface area contributed by atoms with Gasteiger partial charge in [0, 0.05) is 26.1 Å².